The first-order valence-electron chi connectivity index (χ1n) is 6.41. The molecule has 0 aliphatic carbocycles. The van der Waals surface area contributed by atoms with Crippen LogP contribution in [0.4, 0.5) is 5.69 Å². The summed E-state index contributed by atoms with van der Waals surface area (Å²) in [5.41, 5.74) is 7.51. The molecule has 20 heavy (non-hydrogen) atoms. The minimum absolute atomic E-state index is 0.0193. The number of rotatable bonds is 5. The van der Waals surface area contributed by atoms with Crippen LogP contribution in [0.15, 0.2) is 36.5 Å². The van der Waals surface area contributed by atoms with E-state index in [1.807, 2.05) is 25.1 Å². The minimum Gasteiger partial charge on any atom is -0.397 e. The highest BCUT2D eigenvalue weighted by molar-refractivity contribution is 5.92. The molecule has 0 radical (unpaired) electrons. The average molecular weight is 274 g/mol. The van der Waals surface area contributed by atoms with Crippen LogP contribution in [0.3, 0.4) is 0 Å². The summed E-state index contributed by atoms with van der Waals surface area (Å²) in [7, 11) is 0. The molecule has 0 spiro atoms. The van der Waals surface area contributed by atoms with Gasteiger partial charge in [-0.2, -0.15) is 5.10 Å². The smallest absolute Gasteiger partial charge is 0.271 e. The molecule has 106 valence electrons. The maximum atomic E-state index is 11.9. The number of nitrogen functional groups attached to an aromatic ring is 1. The van der Waals surface area contributed by atoms with Gasteiger partial charge < -0.3 is 16.2 Å². The lowest BCUT2D eigenvalue weighted by Gasteiger charge is -2.08. The summed E-state index contributed by atoms with van der Waals surface area (Å²) >= 11 is 0. The molecule has 2 aromatic rings. The number of hydrogen-bond acceptors (Lipinski definition) is 4. The van der Waals surface area contributed by atoms with E-state index >= 15 is 0 Å². The summed E-state index contributed by atoms with van der Waals surface area (Å²) in [6.45, 7) is 2.30. The van der Waals surface area contributed by atoms with Gasteiger partial charge in [0.25, 0.3) is 5.91 Å². The monoisotopic (exact) mass is 274 g/mol. The number of para-hydroxylation sites is 2. The molecule has 0 aliphatic heterocycles. The van der Waals surface area contributed by atoms with Crippen LogP contribution in [-0.4, -0.2) is 33.9 Å². The SMILES string of the molecule is CC(CO)CNC(=O)c1ccn(-c2ccccc2N)n1. The Morgan fingerprint density at radius 1 is 1.45 bits per heavy atom. The van der Waals surface area contributed by atoms with Gasteiger partial charge in [-0.3, -0.25) is 4.79 Å². The Hall–Kier alpha value is -2.34. The normalized spacial score (nSPS) is 12.1. The molecule has 1 aromatic heterocycles. The first kappa shape index (κ1) is 14.1. The molecule has 1 amide bonds. The third kappa shape index (κ3) is 3.16. The number of nitrogens with one attached hydrogen (secondary N) is 1. The number of aromatic nitrogens is 2. The average Bonchev–Trinajstić information content (AvgIpc) is 2.94. The Morgan fingerprint density at radius 3 is 2.90 bits per heavy atom. The Balaban J connectivity index is 2.09. The summed E-state index contributed by atoms with van der Waals surface area (Å²) < 4.78 is 1.57. The molecule has 4 N–H and O–H groups in total. The summed E-state index contributed by atoms with van der Waals surface area (Å²) in [6.07, 6.45) is 1.69. The lowest BCUT2D eigenvalue weighted by atomic mass is 10.2. The Kier molecular flexibility index (Phi) is 4.37. The second-order valence-corrected chi connectivity index (χ2v) is 4.70. The van der Waals surface area contributed by atoms with Crippen LogP contribution in [0.1, 0.15) is 17.4 Å². The van der Waals surface area contributed by atoms with Crippen molar-refractivity contribution in [3.8, 4) is 5.69 Å². The zero-order valence-electron chi connectivity index (χ0n) is 11.3. The fourth-order valence-corrected chi connectivity index (χ4v) is 1.70. The van der Waals surface area contributed by atoms with Gasteiger partial charge >= 0.3 is 0 Å². The first-order chi connectivity index (χ1) is 9.61. The van der Waals surface area contributed by atoms with E-state index in [-0.39, 0.29) is 18.4 Å². The lowest BCUT2D eigenvalue weighted by molar-refractivity contribution is 0.0937. The number of anilines is 1. The van der Waals surface area contributed by atoms with Crippen LogP contribution < -0.4 is 11.1 Å². The molecule has 1 unspecified atom stereocenters. The fraction of sp³-hybridized carbons (Fsp3) is 0.286. The van der Waals surface area contributed by atoms with E-state index in [1.54, 1.807) is 23.0 Å². The second-order valence-electron chi connectivity index (χ2n) is 4.70. The summed E-state index contributed by atoms with van der Waals surface area (Å²) in [6, 6.07) is 8.94. The predicted molar refractivity (Wildman–Crippen MR) is 76.6 cm³/mol. The van der Waals surface area contributed by atoms with Crippen LogP contribution in [0.2, 0.25) is 0 Å². The highest BCUT2D eigenvalue weighted by Gasteiger charge is 2.11. The van der Waals surface area contributed by atoms with Gasteiger partial charge in [0.05, 0.1) is 11.4 Å². The zero-order chi connectivity index (χ0) is 14.5. The van der Waals surface area contributed by atoms with Gasteiger partial charge in [-0.1, -0.05) is 19.1 Å². The van der Waals surface area contributed by atoms with Gasteiger partial charge in [0.15, 0.2) is 5.69 Å². The largest absolute Gasteiger partial charge is 0.397 e. The molecule has 6 heteroatoms. The van der Waals surface area contributed by atoms with E-state index in [4.69, 9.17) is 10.8 Å². The number of nitrogens with two attached hydrogens (primary N) is 1. The molecule has 0 aliphatic rings. The van der Waals surface area contributed by atoms with Crippen LogP contribution >= 0.6 is 0 Å². The first-order valence-corrected chi connectivity index (χ1v) is 6.41. The zero-order valence-corrected chi connectivity index (χ0v) is 11.3. The van der Waals surface area contributed by atoms with Crippen molar-refractivity contribution in [2.45, 2.75) is 6.92 Å². The quantitative estimate of drug-likeness (QED) is 0.703. The van der Waals surface area contributed by atoms with Crippen molar-refractivity contribution in [3.63, 3.8) is 0 Å². The molecule has 1 atom stereocenters. The molecule has 0 fully saturated rings. The van der Waals surface area contributed by atoms with Crippen molar-refractivity contribution in [2.24, 2.45) is 5.92 Å². The number of amides is 1. The van der Waals surface area contributed by atoms with Gasteiger partial charge in [0, 0.05) is 19.3 Å². The van der Waals surface area contributed by atoms with Gasteiger partial charge in [-0.15, -0.1) is 0 Å². The number of hydrogen-bond donors (Lipinski definition) is 3. The molecular weight excluding hydrogens is 256 g/mol. The lowest BCUT2D eigenvalue weighted by Crippen LogP contribution is -2.29. The number of carbonyl (C=O) groups is 1. The van der Waals surface area contributed by atoms with Crippen LogP contribution in [-0.2, 0) is 0 Å². The number of carbonyl (C=O) groups excluding carboxylic acids is 1. The van der Waals surface area contributed by atoms with Crippen molar-refractivity contribution in [2.75, 3.05) is 18.9 Å². The number of aliphatic hydroxyl groups excluding tert-OH is 1. The molecular formula is C14H18N4O2. The highest BCUT2D eigenvalue weighted by atomic mass is 16.3. The molecule has 0 saturated carbocycles. The Labute approximate surface area is 117 Å². The van der Waals surface area contributed by atoms with Gasteiger partial charge in [0.2, 0.25) is 0 Å². The third-order valence-corrected chi connectivity index (χ3v) is 2.93. The van der Waals surface area contributed by atoms with E-state index in [2.05, 4.69) is 10.4 Å². The molecule has 2 rings (SSSR count). The Morgan fingerprint density at radius 2 is 2.20 bits per heavy atom. The molecule has 6 nitrogen and oxygen atoms in total. The van der Waals surface area contributed by atoms with Crippen molar-refractivity contribution in [3.05, 3.63) is 42.2 Å². The number of benzene rings is 1. The maximum absolute atomic E-state index is 11.9. The minimum atomic E-state index is -0.265. The molecule has 1 aromatic carbocycles. The van der Waals surface area contributed by atoms with E-state index in [0.717, 1.165) is 5.69 Å². The van der Waals surface area contributed by atoms with E-state index in [0.29, 0.717) is 17.9 Å². The van der Waals surface area contributed by atoms with Crippen molar-refractivity contribution in [1.29, 1.82) is 0 Å². The predicted octanol–water partition coefficient (Wildman–Crippen LogP) is 0.813. The fourth-order valence-electron chi connectivity index (χ4n) is 1.70. The molecule has 0 saturated heterocycles. The van der Waals surface area contributed by atoms with Gasteiger partial charge in [0.1, 0.15) is 0 Å². The van der Waals surface area contributed by atoms with E-state index in [1.165, 1.54) is 0 Å². The van der Waals surface area contributed by atoms with Crippen molar-refractivity contribution < 1.29 is 9.90 Å². The van der Waals surface area contributed by atoms with Crippen LogP contribution in [0.5, 0.6) is 0 Å². The topological polar surface area (TPSA) is 93.2 Å². The van der Waals surface area contributed by atoms with Crippen LogP contribution in [0, 0.1) is 5.92 Å². The van der Waals surface area contributed by atoms with Crippen LogP contribution in [0.25, 0.3) is 5.69 Å². The molecule has 0 bridgehead atoms. The summed E-state index contributed by atoms with van der Waals surface area (Å²) in [5.74, 6) is -0.246. The van der Waals surface area contributed by atoms with Crippen molar-refractivity contribution >= 4 is 11.6 Å². The molecule has 1 heterocycles. The van der Waals surface area contributed by atoms with Crippen molar-refractivity contribution in [1.82, 2.24) is 15.1 Å². The number of nitrogens with zero attached hydrogens (tertiary/aromatic N) is 2. The van der Waals surface area contributed by atoms with E-state index in [9.17, 15) is 4.79 Å². The summed E-state index contributed by atoms with van der Waals surface area (Å²) in [4.78, 5) is 11.9. The standard InChI is InChI=1S/C14H18N4O2/c1-10(9-19)8-16-14(20)12-6-7-18(17-12)13-5-3-2-4-11(13)15/h2-7,10,19H,8-9,15H2,1H3,(H,16,20). The van der Waals surface area contributed by atoms with Gasteiger partial charge in [-0.25, -0.2) is 4.68 Å². The third-order valence-electron chi connectivity index (χ3n) is 2.93. The summed E-state index contributed by atoms with van der Waals surface area (Å²) in [5, 5.41) is 15.8. The van der Waals surface area contributed by atoms with Gasteiger partial charge in [-0.05, 0) is 24.1 Å². The van der Waals surface area contributed by atoms with E-state index < -0.39 is 0 Å². The maximum Gasteiger partial charge on any atom is 0.271 e. The highest BCUT2D eigenvalue weighted by Crippen LogP contribution is 2.15. The second kappa shape index (κ2) is 6.21. The Bertz CT molecular complexity index is 594. The number of aliphatic hydroxyl groups is 1.